The number of benzene rings is 3. The molecule has 1 N–H and O–H groups in total. The number of nitrogens with one attached hydrogen (secondary N) is 1. The SMILES string of the molecule is CS(=O)(=O)N(CC(=O)Nc1ccc(Oc2ccccc2)cc1)c1ccc(Br)cc1. The summed E-state index contributed by atoms with van der Waals surface area (Å²) in [5.74, 6) is 0.888. The largest absolute Gasteiger partial charge is 0.457 e. The maximum absolute atomic E-state index is 12.4. The second-order valence-electron chi connectivity index (χ2n) is 6.23. The lowest BCUT2D eigenvalue weighted by molar-refractivity contribution is -0.114. The van der Waals surface area contributed by atoms with Crippen molar-refractivity contribution in [3.63, 3.8) is 0 Å². The molecule has 150 valence electrons. The minimum Gasteiger partial charge on any atom is -0.457 e. The summed E-state index contributed by atoms with van der Waals surface area (Å²) < 4.78 is 31.9. The average Bonchev–Trinajstić information content (AvgIpc) is 2.68. The van der Waals surface area contributed by atoms with Crippen molar-refractivity contribution in [1.29, 1.82) is 0 Å². The smallest absolute Gasteiger partial charge is 0.245 e. The van der Waals surface area contributed by atoms with Gasteiger partial charge in [-0.2, -0.15) is 0 Å². The molecule has 3 aromatic carbocycles. The van der Waals surface area contributed by atoms with E-state index in [0.29, 0.717) is 22.9 Å². The molecular formula is C21H19BrN2O4S. The Morgan fingerprint density at radius 3 is 2.10 bits per heavy atom. The third kappa shape index (κ3) is 6.07. The summed E-state index contributed by atoms with van der Waals surface area (Å²) in [5.41, 5.74) is 0.956. The zero-order valence-electron chi connectivity index (χ0n) is 15.6. The summed E-state index contributed by atoms with van der Waals surface area (Å²) in [6, 6.07) is 22.9. The maximum atomic E-state index is 12.4. The van der Waals surface area contributed by atoms with Crippen LogP contribution in [0.4, 0.5) is 11.4 Å². The summed E-state index contributed by atoms with van der Waals surface area (Å²) in [7, 11) is -3.62. The summed E-state index contributed by atoms with van der Waals surface area (Å²) in [5, 5.41) is 2.71. The first-order valence-corrected chi connectivity index (χ1v) is 11.3. The first-order valence-electron chi connectivity index (χ1n) is 8.67. The predicted octanol–water partition coefficient (Wildman–Crippen LogP) is 4.65. The van der Waals surface area contributed by atoms with Crippen LogP contribution in [0.2, 0.25) is 0 Å². The lowest BCUT2D eigenvalue weighted by Gasteiger charge is -2.22. The second kappa shape index (κ2) is 9.11. The number of anilines is 2. The number of rotatable bonds is 7. The number of nitrogens with zero attached hydrogens (tertiary/aromatic N) is 1. The quantitative estimate of drug-likeness (QED) is 0.540. The molecule has 1 amide bonds. The van der Waals surface area contributed by atoms with Crippen LogP contribution in [0.1, 0.15) is 0 Å². The lowest BCUT2D eigenvalue weighted by Crippen LogP contribution is -2.37. The number of amides is 1. The van der Waals surface area contributed by atoms with E-state index in [1.807, 2.05) is 30.3 Å². The van der Waals surface area contributed by atoms with Gasteiger partial charge in [-0.15, -0.1) is 0 Å². The third-order valence-electron chi connectivity index (χ3n) is 3.92. The minimum absolute atomic E-state index is 0.331. The van der Waals surface area contributed by atoms with Crippen molar-refractivity contribution in [3.05, 3.63) is 83.3 Å². The Morgan fingerprint density at radius 1 is 0.931 bits per heavy atom. The zero-order valence-corrected chi connectivity index (χ0v) is 18.0. The number of ether oxygens (including phenoxy) is 1. The van der Waals surface area contributed by atoms with E-state index in [0.717, 1.165) is 15.0 Å². The molecule has 0 aliphatic rings. The molecule has 8 heteroatoms. The van der Waals surface area contributed by atoms with Gasteiger partial charge >= 0.3 is 0 Å². The Kier molecular flexibility index (Phi) is 6.56. The van der Waals surface area contributed by atoms with E-state index in [-0.39, 0.29) is 6.54 Å². The number of carbonyl (C=O) groups is 1. The minimum atomic E-state index is -3.62. The van der Waals surface area contributed by atoms with Crippen LogP contribution in [0.25, 0.3) is 0 Å². The normalized spacial score (nSPS) is 11.0. The van der Waals surface area contributed by atoms with Gasteiger partial charge in [0, 0.05) is 10.2 Å². The van der Waals surface area contributed by atoms with Gasteiger partial charge < -0.3 is 10.1 Å². The average molecular weight is 475 g/mol. The van der Waals surface area contributed by atoms with Crippen LogP contribution >= 0.6 is 15.9 Å². The molecule has 0 saturated carbocycles. The molecule has 3 rings (SSSR count). The van der Waals surface area contributed by atoms with Crippen LogP contribution in [0.15, 0.2) is 83.3 Å². The van der Waals surface area contributed by atoms with E-state index in [2.05, 4.69) is 21.2 Å². The molecule has 0 saturated heterocycles. The molecule has 0 unspecified atom stereocenters. The number of hydrogen-bond donors (Lipinski definition) is 1. The standard InChI is InChI=1S/C21H19BrN2O4S/c1-29(26,27)24(18-11-7-16(22)8-12-18)15-21(25)23-17-9-13-20(14-10-17)28-19-5-3-2-4-6-19/h2-14H,15H2,1H3,(H,23,25). The molecule has 0 fully saturated rings. The number of halogens is 1. The number of carbonyl (C=O) groups excluding carboxylic acids is 1. The highest BCUT2D eigenvalue weighted by Crippen LogP contribution is 2.23. The van der Waals surface area contributed by atoms with Crippen molar-refractivity contribution in [2.24, 2.45) is 0 Å². The van der Waals surface area contributed by atoms with Crippen LogP contribution in [0.3, 0.4) is 0 Å². The van der Waals surface area contributed by atoms with Gasteiger partial charge in [-0.3, -0.25) is 9.10 Å². The number of hydrogen-bond acceptors (Lipinski definition) is 4. The Bertz CT molecular complexity index is 1070. The monoisotopic (exact) mass is 474 g/mol. The van der Waals surface area contributed by atoms with Crippen LogP contribution in [0, 0.1) is 0 Å². The topological polar surface area (TPSA) is 75.7 Å². The molecular weight excluding hydrogens is 456 g/mol. The van der Waals surface area contributed by atoms with Crippen LogP contribution in [0.5, 0.6) is 11.5 Å². The predicted molar refractivity (Wildman–Crippen MR) is 118 cm³/mol. The Labute approximate surface area is 178 Å². The third-order valence-corrected chi connectivity index (χ3v) is 5.59. The lowest BCUT2D eigenvalue weighted by atomic mass is 10.3. The van der Waals surface area contributed by atoms with Gasteiger partial charge in [0.2, 0.25) is 15.9 Å². The van der Waals surface area contributed by atoms with Gasteiger partial charge in [-0.1, -0.05) is 34.1 Å². The van der Waals surface area contributed by atoms with E-state index in [1.165, 1.54) is 0 Å². The molecule has 0 atom stereocenters. The van der Waals surface area contributed by atoms with Crippen molar-refractivity contribution >= 4 is 43.2 Å². The summed E-state index contributed by atoms with van der Waals surface area (Å²) in [6.45, 7) is -0.331. The van der Waals surface area contributed by atoms with Crippen molar-refractivity contribution in [2.75, 3.05) is 22.4 Å². The van der Waals surface area contributed by atoms with E-state index >= 15 is 0 Å². The number of para-hydroxylation sites is 1. The van der Waals surface area contributed by atoms with E-state index in [4.69, 9.17) is 4.74 Å². The summed E-state index contributed by atoms with van der Waals surface area (Å²) >= 11 is 3.31. The summed E-state index contributed by atoms with van der Waals surface area (Å²) in [4.78, 5) is 12.4. The van der Waals surface area contributed by atoms with Crippen molar-refractivity contribution in [3.8, 4) is 11.5 Å². The Hall–Kier alpha value is -2.84. The fourth-order valence-corrected chi connectivity index (χ4v) is 3.69. The van der Waals surface area contributed by atoms with Crippen molar-refractivity contribution in [2.45, 2.75) is 0 Å². The molecule has 29 heavy (non-hydrogen) atoms. The first kappa shape index (κ1) is 20.9. The molecule has 0 aliphatic heterocycles. The van der Waals surface area contributed by atoms with Gasteiger partial charge in [-0.25, -0.2) is 8.42 Å². The van der Waals surface area contributed by atoms with Crippen LogP contribution < -0.4 is 14.4 Å². The molecule has 0 heterocycles. The Balaban J connectivity index is 1.66. The highest BCUT2D eigenvalue weighted by Gasteiger charge is 2.20. The highest BCUT2D eigenvalue weighted by molar-refractivity contribution is 9.10. The molecule has 0 aromatic heterocycles. The fourth-order valence-electron chi connectivity index (χ4n) is 2.57. The molecule has 3 aromatic rings. The van der Waals surface area contributed by atoms with E-state index in [9.17, 15) is 13.2 Å². The van der Waals surface area contributed by atoms with Gasteiger partial charge in [0.05, 0.1) is 11.9 Å². The first-order chi connectivity index (χ1) is 13.8. The summed E-state index contributed by atoms with van der Waals surface area (Å²) in [6.07, 6.45) is 1.07. The van der Waals surface area contributed by atoms with Crippen LogP contribution in [-0.4, -0.2) is 27.1 Å². The van der Waals surface area contributed by atoms with Gasteiger partial charge in [-0.05, 0) is 60.7 Å². The highest BCUT2D eigenvalue weighted by atomic mass is 79.9. The number of sulfonamides is 1. The Morgan fingerprint density at radius 2 is 1.52 bits per heavy atom. The molecule has 6 nitrogen and oxygen atoms in total. The second-order valence-corrected chi connectivity index (χ2v) is 9.06. The maximum Gasteiger partial charge on any atom is 0.245 e. The van der Waals surface area contributed by atoms with Crippen molar-refractivity contribution < 1.29 is 17.9 Å². The van der Waals surface area contributed by atoms with Gasteiger partial charge in [0.15, 0.2) is 0 Å². The molecule has 0 spiro atoms. The van der Waals surface area contributed by atoms with Gasteiger partial charge in [0.1, 0.15) is 18.0 Å². The molecule has 0 bridgehead atoms. The van der Waals surface area contributed by atoms with Crippen molar-refractivity contribution in [1.82, 2.24) is 0 Å². The fraction of sp³-hybridized carbons (Fsp3) is 0.0952. The van der Waals surface area contributed by atoms with E-state index in [1.54, 1.807) is 48.5 Å². The molecule has 0 radical (unpaired) electrons. The van der Waals surface area contributed by atoms with Crippen LogP contribution in [-0.2, 0) is 14.8 Å². The van der Waals surface area contributed by atoms with E-state index < -0.39 is 15.9 Å². The van der Waals surface area contributed by atoms with Gasteiger partial charge in [0.25, 0.3) is 0 Å². The molecule has 0 aliphatic carbocycles. The zero-order chi connectivity index (χ0) is 20.9.